The van der Waals surface area contributed by atoms with Crippen LogP contribution in [0.5, 0.6) is 0 Å². The highest BCUT2D eigenvalue weighted by molar-refractivity contribution is 5.99. The number of amides is 1. The molecule has 1 saturated carbocycles. The molecular weight excluding hydrogens is 238 g/mol. The number of likely N-dealkylation sites (N-methyl/N-ethyl adjacent to an activating group) is 1. The summed E-state index contributed by atoms with van der Waals surface area (Å²) in [6.07, 6.45) is 3.13. The summed E-state index contributed by atoms with van der Waals surface area (Å²) in [5.41, 5.74) is 3.38. The first kappa shape index (κ1) is 12.6. The molecule has 1 aliphatic heterocycles. The van der Waals surface area contributed by atoms with Gasteiger partial charge in [-0.3, -0.25) is 4.79 Å². The quantitative estimate of drug-likeness (QED) is 0.843. The maximum absolute atomic E-state index is 11.4. The summed E-state index contributed by atoms with van der Waals surface area (Å²) in [4.78, 5) is 13.6. The zero-order valence-electron chi connectivity index (χ0n) is 11.6. The third-order valence-corrected chi connectivity index (χ3v) is 3.94. The molecule has 1 aliphatic carbocycles. The number of rotatable bonds is 5. The standard InChI is InChI=1S/C15H21N3O/c1-18(2)14(9-16-12-4-5-12)10-3-6-13-11(7-10)8-15(19)17-13/h3,6-7,12,14,16H,4-5,8-9H2,1-2H3,(H,17,19). The van der Waals surface area contributed by atoms with E-state index in [1.807, 2.05) is 6.07 Å². The van der Waals surface area contributed by atoms with Crippen LogP contribution in [0.25, 0.3) is 0 Å². The summed E-state index contributed by atoms with van der Waals surface area (Å²) in [5, 5.41) is 6.47. The lowest BCUT2D eigenvalue weighted by Gasteiger charge is -2.25. The Bertz CT molecular complexity index is 494. The van der Waals surface area contributed by atoms with Gasteiger partial charge in [-0.1, -0.05) is 12.1 Å². The van der Waals surface area contributed by atoms with Crippen molar-refractivity contribution in [2.45, 2.75) is 31.3 Å². The number of nitrogens with zero attached hydrogens (tertiary/aromatic N) is 1. The number of benzene rings is 1. The first-order valence-electron chi connectivity index (χ1n) is 6.96. The highest BCUT2D eigenvalue weighted by atomic mass is 16.1. The van der Waals surface area contributed by atoms with E-state index in [-0.39, 0.29) is 5.91 Å². The van der Waals surface area contributed by atoms with E-state index in [1.54, 1.807) is 0 Å². The minimum absolute atomic E-state index is 0.102. The number of hydrogen-bond donors (Lipinski definition) is 2. The Morgan fingerprint density at radius 3 is 2.89 bits per heavy atom. The molecule has 1 atom stereocenters. The molecule has 0 radical (unpaired) electrons. The maximum atomic E-state index is 11.4. The van der Waals surface area contributed by atoms with Crippen LogP contribution in [0.3, 0.4) is 0 Å². The van der Waals surface area contributed by atoms with Gasteiger partial charge >= 0.3 is 0 Å². The van der Waals surface area contributed by atoms with Crippen molar-refractivity contribution < 1.29 is 4.79 Å². The molecule has 0 bridgehead atoms. The lowest BCUT2D eigenvalue weighted by atomic mass is 10.0. The molecule has 102 valence electrons. The Morgan fingerprint density at radius 1 is 1.42 bits per heavy atom. The van der Waals surface area contributed by atoms with E-state index in [2.05, 4.69) is 41.8 Å². The van der Waals surface area contributed by atoms with Crippen LogP contribution in [0.4, 0.5) is 5.69 Å². The summed E-state index contributed by atoms with van der Waals surface area (Å²) in [6, 6.07) is 7.42. The zero-order valence-corrected chi connectivity index (χ0v) is 11.6. The molecule has 1 fully saturated rings. The van der Waals surface area contributed by atoms with Crippen LogP contribution >= 0.6 is 0 Å². The van der Waals surface area contributed by atoms with Gasteiger partial charge in [-0.2, -0.15) is 0 Å². The number of fused-ring (bicyclic) bond motifs is 1. The fourth-order valence-corrected chi connectivity index (χ4v) is 2.62. The topological polar surface area (TPSA) is 44.4 Å². The minimum atomic E-state index is 0.102. The Labute approximate surface area is 114 Å². The molecule has 2 aliphatic rings. The molecule has 0 spiro atoms. The molecule has 4 heteroatoms. The Kier molecular flexibility index (Phi) is 3.29. The number of anilines is 1. The van der Waals surface area contributed by atoms with Gasteiger partial charge in [0.25, 0.3) is 0 Å². The average molecular weight is 259 g/mol. The summed E-state index contributed by atoms with van der Waals surface area (Å²) in [7, 11) is 4.21. The maximum Gasteiger partial charge on any atom is 0.228 e. The average Bonchev–Trinajstić information content (AvgIpc) is 3.09. The van der Waals surface area contributed by atoms with E-state index in [0.717, 1.165) is 23.8 Å². The lowest BCUT2D eigenvalue weighted by molar-refractivity contribution is -0.115. The molecular formula is C15H21N3O. The molecule has 3 rings (SSSR count). The summed E-state index contributed by atoms with van der Waals surface area (Å²) in [6.45, 7) is 0.970. The van der Waals surface area contributed by atoms with E-state index < -0.39 is 0 Å². The van der Waals surface area contributed by atoms with E-state index in [9.17, 15) is 4.79 Å². The molecule has 1 aromatic rings. The highest BCUT2D eigenvalue weighted by Gasteiger charge is 2.24. The minimum Gasteiger partial charge on any atom is -0.326 e. The second-order valence-corrected chi connectivity index (χ2v) is 5.80. The van der Waals surface area contributed by atoms with Crippen molar-refractivity contribution in [1.82, 2.24) is 10.2 Å². The van der Waals surface area contributed by atoms with Crippen LogP contribution in [-0.2, 0) is 11.2 Å². The van der Waals surface area contributed by atoms with E-state index in [4.69, 9.17) is 0 Å². The van der Waals surface area contributed by atoms with Crippen LogP contribution in [0.2, 0.25) is 0 Å². The van der Waals surface area contributed by atoms with Crippen molar-refractivity contribution in [1.29, 1.82) is 0 Å². The summed E-state index contributed by atoms with van der Waals surface area (Å²) < 4.78 is 0. The molecule has 1 heterocycles. The second kappa shape index (κ2) is 4.94. The molecule has 1 aromatic carbocycles. The zero-order chi connectivity index (χ0) is 13.4. The van der Waals surface area contributed by atoms with E-state index >= 15 is 0 Å². The van der Waals surface area contributed by atoms with Gasteiger partial charge in [-0.15, -0.1) is 0 Å². The third-order valence-electron chi connectivity index (χ3n) is 3.94. The Balaban J connectivity index is 1.77. The fourth-order valence-electron chi connectivity index (χ4n) is 2.62. The van der Waals surface area contributed by atoms with Crippen molar-refractivity contribution >= 4 is 11.6 Å². The molecule has 0 aromatic heterocycles. The predicted molar refractivity (Wildman–Crippen MR) is 76.2 cm³/mol. The smallest absolute Gasteiger partial charge is 0.228 e. The third kappa shape index (κ3) is 2.80. The van der Waals surface area contributed by atoms with Crippen molar-refractivity contribution in [2.24, 2.45) is 0 Å². The molecule has 2 N–H and O–H groups in total. The number of hydrogen-bond acceptors (Lipinski definition) is 3. The van der Waals surface area contributed by atoms with Crippen LogP contribution in [0.15, 0.2) is 18.2 Å². The monoisotopic (exact) mass is 259 g/mol. The lowest BCUT2D eigenvalue weighted by Crippen LogP contribution is -2.32. The summed E-state index contributed by atoms with van der Waals surface area (Å²) >= 11 is 0. The van der Waals surface area contributed by atoms with Crippen molar-refractivity contribution in [3.63, 3.8) is 0 Å². The van der Waals surface area contributed by atoms with Gasteiger partial charge in [0, 0.05) is 24.3 Å². The van der Waals surface area contributed by atoms with Crippen molar-refractivity contribution in [3.8, 4) is 0 Å². The van der Waals surface area contributed by atoms with E-state index in [1.165, 1.54) is 18.4 Å². The largest absolute Gasteiger partial charge is 0.326 e. The molecule has 19 heavy (non-hydrogen) atoms. The van der Waals surface area contributed by atoms with Crippen LogP contribution in [-0.4, -0.2) is 37.5 Å². The Hall–Kier alpha value is -1.39. The van der Waals surface area contributed by atoms with Gasteiger partial charge in [0.2, 0.25) is 5.91 Å². The van der Waals surface area contributed by atoms with Gasteiger partial charge < -0.3 is 15.5 Å². The van der Waals surface area contributed by atoms with Crippen LogP contribution < -0.4 is 10.6 Å². The van der Waals surface area contributed by atoms with Gasteiger partial charge in [0.15, 0.2) is 0 Å². The fraction of sp³-hybridized carbons (Fsp3) is 0.533. The molecule has 1 unspecified atom stereocenters. The van der Waals surface area contributed by atoms with Gasteiger partial charge in [-0.05, 0) is 44.1 Å². The van der Waals surface area contributed by atoms with Crippen LogP contribution in [0, 0.1) is 0 Å². The van der Waals surface area contributed by atoms with Gasteiger partial charge in [0.05, 0.1) is 6.42 Å². The highest BCUT2D eigenvalue weighted by Crippen LogP contribution is 2.28. The predicted octanol–water partition coefficient (Wildman–Crippen LogP) is 1.54. The number of carbonyl (C=O) groups is 1. The van der Waals surface area contributed by atoms with Crippen LogP contribution in [0.1, 0.15) is 30.0 Å². The normalized spacial score (nSPS) is 19.4. The van der Waals surface area contributed by atoms with Crippen molar-refractivity contribution in [3.05, 3.63) is 29.3 Å². The number of nitrogens with one attached hydrogen (secondary N) is 2. The molecule has 1 amide bonds. The van der Waals surface area contributed by atoms with E-state index in [0.29, 0.717) is 12.5 Å². The second-order valence-electron chi connectivity index (χ2n) is 5.80. The first-order chi connectivity index (χ1) is 9.13. The van der Waals surface area contributed by atoms with Gasteiger partial charge in [0.1, 0.15) is 0 Å². The van der Waals surface area contributed by atoms with Gasteiger partial charge in [-0.25, -0.2) is 0 Å². The number of carbonyl (C=O) groups excluding carboxylic acids is 1. The molecule has 4 nitrogen and oxygen atoms in total. The Morgan fingerprint density at radius 2 is 2.21 bits per heavy atom. The first-order valence-corrected chi connectivity index (χ1v) is 6.96. The SMILES string of the molecule is CN(C)C(CNC1CC1)c1ccc2c(c1)CC(=O)N2. The molecule has 0 saturated heterocycles. The summed E-state index contributed by atoms with van der Waals surface area (Å²) in [5.74, 6) is 0.102. The van der Waals surface area contributed by atoms with Crippen molar-refractivity contribution in [2.75, 3.05) is 26.0 Å².